The van der Waals surface area contributed by atoms with E-state index in [9.17, 15) is 129 Å². The third-order valence-electron chi connectivity index (χ3n) is 23.9. The van der Waals surface area contributed by atoms with Gasteiger partial charge in [0.15, 0.2) is 30.9 Å². The fraction of sp³-hybridized carbons (Fsp3) is 0.793. The van der Waals surface area contributed by atoms with Gasteiger partial charge in [0.25, 0.3) is 13.7 Å². The fourth-order valence-electron chi connectivity index (χ4n) is 16.1. The molecule has 4 aliphatic heterocycles. The van der Waals surface area contributed by atoms with Crippen molar-refractivity contribution in [2.45, 2.75) is 329 Å². The number of carbonyl (C=O) groups excluding carboxylic acids is 12. The van der Waals surface area contributed by atoms with Crippen LogP contribution in [0, 0.1) is 5.92 Å². The summed E-state index contributed by atoms with van der Waals surface area (Å²) >= 11 is 1.18. The molecule has 0 aliphatic carbocycles. The molecule has 22 atom stereocenters. The monoisotopic (exact) mass is 2100 g/mol. The third-order valence-corrected chi connectivity index (χ3v) is 26.1. The fourth-order valence-corrected chi connectivity index (χ4v) is 17.7. The maximum absolute atomic E-state index is 15.5. The van der Waals surface area contributed by atoms with Crippen LogP contribution in [0.2, 0.25) is 0 Å². The average Bonchev–Trinajstić information content (AvgIpc) is 0.825. The number of nitrogens with one attached hydrogen (secondary N) is 10. The number of phosphoric ester groups is 1. The van der Waals surface area contributed by atoms with E-state index in [1.165, 1.54) is 51.6 Å². The molecule has 1 aromatic rings. The summed E-state index contributed by atoms with van der Waals surface area (Å²) in [5, 5.41) is 159. The number of aliphatic carboxylic acids is 1. The second-order valence-electron chi connectivity index (χ2n) is 35.8. The number of nitrogens with zero attached hydrogens (tertiary/aromatic N) is 1. The number of ether oxygens (including phenoxy) is 9. The molecule has 11 amide bonds. The highest BCUT2D eigenvalue weighted by Crippen LogP contribution is 2.37. The van der Waals surface area contributed by atoms with Gasteiger partial charge in [-0.1, -0.05) is 70.6 Å². The van der Waals surface area contributed by atoms with Crippen LogP contribution in [0.4, 0.5) is 0 Å². The summed E-state index contributed by atoms with van der Waals surface area (Å²) in [6, 6.07) is -1.03. The van der Waals surface area contributed by atoms with Crippen molar-refractivity contribution >= 4 is 96.3 Å². The van der Waals surface area contributed by atoms with Gasteiger partial charge >= 0.3 is 5.97 Å². The number of rotatable bonds is 74. The smallest absolute Gasteiger partial charge is 0.305 e. The first-order valence-corrected chi connectivity index (χ1v) is 51.9. The molecular weight excluding hydrogens is 1950 g/mol. The Labute approximate surface area is 841 Å². The highest BCUT2D eigenvalue weighted by Gasteiger charge is 2.50. The van der Waals surface area contributed by atoms with Gasteiger partial charge in [-0.25, -0.2) is 0 Å². The van der Waals surface area contributed by atoms with Crippen molar-refractivity contribution in [3.8, 4) is 5.75 Å². The Balaban J connectivity index is 1.38. The van der Waals surface area contributed by atoms with Crippen molar-refractivity contribution in [2.24, 2.45) is 5.92 Å². The van der Waals surface area contributed by atoms with E-state index in [-0.39, 0.29) is 102 Å². The molecule has 52 heteroatoms. The van der Waals surface area contributed by atoms with E-state index >= 15 is 9.59 Å². The van der Waals surface area contributed by atoms with Crippen molar-refractivity contribution in [3.05, 3.63) is 29.3 Å². The van der Waals surface area contributed by atoms with Gasteiger partial charge in [-0.2, -0.15) is 0 Å². The summed E-state index contributed by atoms with van der Waals surface area (Å²) in [5.41, 5.74) is -0.610. The molecule has 22 unspecified atom stereocenters. The van der Waals surface area contributed by atoms with Gasteiger partial charge in [0.1, 0.15) is 123 Å². The Morgan fingerprint density at radius 2 is 0.722 bits per heavy atom. The zero-order valence-electron chi connectivity index (χ0n) is 82.7. The van der Waals surface area contributed by atoms with Crippen molar-refractivity contribution in [3.63, 3.8) is 0 Å². The molecule has 0 saturated carbocycles. The largest absolute Gasteiger partial charge is 0.756 e. The summed E-state index contributed by atoms with van der Waals surface area (Å²) < 4.78 is 72.6. The number of amides is 11. The lowest BCUT2D eigenvalue weighted by Gasteiger charge is -2.42. The molecule has 4 aliphatic rings. The van der Waals surface area contributed by atoms with E-state index in [1.54, 1.807) is 0 Å². The second-order valence-corrected chi connectivity index (χ2v) is 38.6. The number of benzene rings is 1. The van der Waals surface area contributed by atoms with Crippen LogP contribution in [0.25, 0.3) is 0 Å². The number of unbranched alkanes of at least 4 members (excludes halogenated alkanes) is 17. The Morgan fingerprint density at radius 3 is 1.08 bits per heavy atom. The average molecular weight is 2100 g/mol. The van der Waals surface area contributed by atoms with Gasteiger partial charge in [-0.3, -0.25) is 66.9 Å². The standard InChI is InChI=1S/C92H156N11O39PS/c1-55(108)99-74-83(124)79(120)63(51-104)139-89(74)134-36-23-10-6-18-30-93-69(113)46-60(47-70(114)94-31-19-7-11-24-37-135-90-75(100-56(2)109)84(125)80(121)64(52-105)140-90)78(119)59-43-61(45-62(44-59)133-41-35-97-68(112)29-17-16-22-34-98-87(128)67(48-73(117)118)144-42-28-15-14-27-40-138-143(130,131)132-5)88(129)103(49-71(115)95-32-20-8-12-25-38-136-91-76(101-57(3)110)85(126)81(122)65(53-106)141-91)50-72(116)96-33-21-9-13-26-39-137-92-77(102-58(4)111)86(127)82(123)66(54-107)142-92/h43-45,60,63-67,74-77,79-86,89-92,104-107,120-127H,6-42,46-54H2,1-5H3,(H,93,113)(H,94,114)(H,95,115)(H,96,116)(H,97,112)(H,98,128)(H,99,108)(H,100,109)(H,101,110)(H,102,111)(H,117,118)(H,130,131)/p-1. The zero-order chi connectivity index (χ0) is 106. The van der Waals surface area contributed by atoms with Crippen molar-refractivity contribution in [2.75, 3.05) is 131 Å². The summed E-state index contributed by atoms with van der Waals surface area (Å²) in [6.07, 6.45) is -12.7. The number of aliphatic hydroxyl groups excluding tert-OH is 12. The van der Waals surface area contributed by atoms with Crippen LogP contribution >= 0.6 is 19.6 Å². The number of ketones is 1. The minimum atomic E-state index is -4.34. The lowest BCUT2D eigenvalue weighted by molar-refractivity contribution is -0.270. The van der Waals surface area contributed by atoms with Gasteiger partial charge in [0.05, 0.1) is 51.2 Å². The molecule has 824 valence electrons. The molecule has 1 aromatic carbocycles. The molecule has 0 bridgehead atoms. The van der Waals surface area contributed by atoms with Crippen LogP contribution < -0.4 is 62.8 Å². The topological polar surface area (TPSA) is 750 Å². The van der Waals surface area contributed by atoms with Gasteiger partial charge in [0, 0.05) is 130 Å². The zero-order valence-corrected chi connectivity index (χ0v) is 84.4. The van der Waals surface area contributed by atoms with E-state index in [0.717, 1.165) is 18.1 Å². The number of carboxylic acids is 1. The number of carbonyl (C=O) groups is 13. The summed E-state index contributed by atoms with van der Waals surface area (Å²) in [4.78, 5) is 186. The van der Waals surface area contributed by atoms with Gasteiger partial charge in [-0.05, 0) is 101 Å². The lowest BCUT2D eigenvalue weighted by atomic mass is 9.90. The van der Waals surface area contributed by atoms with E-state index in [1.807, 2.05) is 0 Å². The Morgan fingerprint density at radius 1 is 0.396 bits per heavy atom. The molecule has 5 rings (SSSR count). The van der Waals surface area contributed by atoms with E-state index in [2.05, 4.69) is 57.7 Å². The minimum absolute atomic E-state index is 0.0161. The first-order valence-electron chi connectivity index (χ1n) is 49.4. The van der Waals surface area contributed by atoms with Crippen LogP contribution in [0.15, 0.2) is 18.2 Å². The minimum Gasteiger partial charge on any atom is -0.756 e. The van der Waals surface area contributed by atoms with Crippen LogP contribution in [0.3, 0.4) is 0 Å². The number of aliphatic hydroxyl groups is 12. The van der Waals surface area contributed by atoms with Gasteiger partial charge < -0.3 is 181 Å². The highest BCUT2D eigenvalue weighted by molar-refractivity contribution is 8.00. The quantitative estimate of drug-likeness (QED) is 0.0167. The first kappa shape index (κ1) is 126. The maximum Gasteiger partial charge on any atom is 0.305 e. The molecule has 4 saturated heterocycles. The first-order chi connectivity index (χ1) is 68.8. The predicted molar refractivity (Wildman–Crippen MR) is 508 cm³/mol. The van der Waals surface area contributed by atoms with Crippen LogP contribution in [0.1, 0.15) is 222 Å². The van der Waals surface area contributed by atoms with Crippen molar-refractivity contribution in [1.82, 2.24) is 58.1 Å². The Bertz CT molecular complexity index is 3740. The van der Waals surface area contributed by atoms with E-state index in [4.69, 9.17) is 47.2 Å². The number of hydrogen-bond donors (Lipinski definition) is 23. The molecule has 0 spiro atoms. The van der Waals surface area contributed by atoms with E-state index in [0.29, 0.717) is 153 Å². The SMILES string of the molecule is COP(=O)([O-])OCCCCCCSC(CC(=O)O)C(=O)NCCCCCC(=O)NCCOc1cc(C(=O)C(CC(=O)NCCCCCCOC2OC(CO)C(O)C(O)C2NC(C)=O)CC(=O)NCCCCCCOC2OC(CO)C(O)C(O)C2NC(C)=O)cc(C(=O)N(CC(=O)NCCCCCCOC2OC(CO)C(O)C(O)C2NC(C)=O)CC(=O)NCCCCCCOC2OC(CO)C(O)C(O)C2NC(C)=O)c1. The molecule has 23 N–H and O–H groups in total. The number of carboxylic acid groups (broad SMARTS) is 1. The Hall–Kier alpha value is -8.01. The summed E-state index contributed by atoms with van der Waals surface area (Å²) in [7, 11) is -3.35. The second kappa shape index (κ2) is 70.1. The summed E-state index contributed by atoms with van der Waals surface area (Å²) in [5.74, 6) is -10.0. The van der Waals surface area contributed by atoms with Gasteiger partial charge in [0.2, 0.25) is 59.1 Å². The van der Waals surface area contributed by atoms with Crippen LogP contribution in [0.5, 0.6) is 5.75 Å². The molecule has 0 radical (unpaired) electrons. The van der Waals surface area contributed by atoms with Crippen LogP contribution in [-0.2, 0) is 104 Å². The molecule has 144 heavy (non-hydrogen) atoms. The third kappa shape index (κ3) is 47.7. The van der Waals surface area contributed by atoms with Crippen molar-refractivity contribution in [1.29, 1.82) is 0 Å². The van der Waals surface area contributed by atoms with E-state index < -0.39 is 277 Å². The molecule has 4 fully saturated rings. The number of hydrogen-bond acceptors (Lipinski definition) is 39. The number of phosphoric acid groups is 1. The predicted octanol–water partition coefficient (Wildman–Crippen LogP) is -4.30. The van der Waals surface area contributed by atoms with Crippen molar-refractivity contribution < 1.29 is 190 Å². The molecule has 0 aromatic heterocycles. The normalized spacial score (nSPS) is 25.0. The molecular formula is C92H155N11O39PS-. The summed E-state index contributed by atoms with van der Waals surface area (Å²) in [6.45, 7) is 0.818. The molecule has 50 nitrogen and oxygen atoms in total. The van der Waals surface area contributed by atoms with Crippen LogP contribution in [-0.4, -0.2) is 407 Å². The molecule has 4 heterocycles. The number of thioether (sulfide) groups is 1. The maximum atomic E-state index is 15.5. The Kier molecular flexibility index (Phi) is 61.5. The lowest BCUT2D eigenvalue weighted by Crippen LogP contribution is -2.64. The van der Waals surface area contributed by atoms with Gasteiger partial charge in [-0.15, -0.1) is 11.8 Å². The number of Topliss-reactive ketones (excluding diaryl/α,β-unsaturated/α-hetero) is 1. The highest BCUT2D eigenvalue weighted by atomic mass is 32.2.